The highest BCUT2D eigenvalue weighted by atomic mass is 19.1. The van der Waals surface area contributed by atoms with Crippen molar-refractivity contribution in [1.29, 1.82) is 0 Å². The highest BCUT2D eigenvalue weighted by Gasteiger charge is 2.31. The maximum absolute atomic E-state index is 13.6. The molecule has 7 nitrogen and oxygen atoms in total. The number of aromatic nitrogens is 3. The van der Waals surface area contributed by atoms with Crippen LogP contribution < -0.4 is 11.0 Å². The third-order valence-corrected chi connectivity index (χ3v) is 3.97. The Balaban J connectivity index is 1.61. The Bertz CT molecular complexity index is 970. The van der Waals surface area contributed by atoms with Gasteiger partial charge in [-0.2, -0.15) is 0 Å². The van der Waals surface area contributed by atoms with Crippen molar-refractivity contribution >= 4 is 11.6 Å². The molecule has 1 saturated carbocycles. The summed E-state index contributed by atoms with van der Waals surface area (Å²) in [4.78, 5) is 24.8. The number of nitrogens with zero attached hydrogens (tertiary/aromatic N) is 3. The van der Waals surface area contributed by atoms with Gasteiger partial charge in [-0.3, -0.25) is 9.36 Å². The van der Waals surface area contributed by atoms with Gasteiger partial charge in [-0.1, -0.05) is 12.1 Å². The zero-order chi connectivity index (χ0) is 17.4. The van der Waals surface area contributed by atoms with E-state index in [1.54, 1.807) is 22.8 Å². The standard InChI is InChI=1S/C17H15FN4O3/c18-12-4-1-2-5-13(12)19-15(23)10-21-17(24)22(11-7-8-11)16(20-21)14-6-3-9-25-14/h1-6,9,11H,7-8,10H2,(H,19,23). The Morgan fingerprint density at radius 3 is 2.76 bits per heavy atom. The van der Waals surface area contributed by atoms with Crippen LogP contribution >= 0.6 is 0 Å². The number of carbonyl (C=O) groups excluding carboxylic acids is 1. The molecule has 2 aromatic heterocycles. The topological polar surface area (TPSA) is 82.1 Å². The number of furan rings is 1. The molecule has 8 heteroatoms. The van der Waals surface area contributed by atoms with Crippen molar-refractivity contribution in [3.8, 4) is 11.6 Å². The van der Waals surface area contributed by atoms with Crippen molar-refractivity contribution in [3.05, 3.63) is 59.0 Å². The largest absolute Gasteiger partial charge is 0.461 e. The summed E-state index contributed by atoms with van der Waals surface area (Å²) in [6.07, 6.45) is 3.28. The van der Waals surface area contributed by atoms with E-state index in [0.29, 0.717) is 11.6 Å². The number of benzene rings is 1. The Labute approximate surface area is 141 Å². The van der Waals surface area contributed by atoms with Crippen LogP contribution in [-0.4, -0.2) is 20.3 Å². The SMILES string of the molecule is O=C(Cn1nc(-c2ccco2)n(C2CC2)c1=O)Nc1ccccc1F. The molecule has 2 heterocycles. The summed E-state index contributed by atoms with van der Waals surface area (Å²) in [6, 6.07) is 9.34. The van der Waals surface area contributed by atoms with Gasteiger partial charge in [0.05, 0.1) is 12.0 Å². The number of halogens is 1. The van der Waals surface area contributed by atoms with Crippen LogP contribution in [-0.2, 0) is 11.3 Å². The average Bonchev–Trinajstić information content (AvgIpc) is 3.17. The predicted molar refractivity (Wildman–Crippen MR) is 87.5 cm³/mol. The van der Waals surface area contributed by atoms with E-state index in [1.165, 1.54) is 24.5 Å². The summed E-state index contributed by atoms with van der Waals surface area (Å²) in [5, 5.41) is 6.68. The van der Waals surface area contributed by atoms with Crippen LogP contribution in [0.25, 0.3) is 11.6 Å². The van der Waals surface area contributed by atoms with E-state index >= 15 is 0 Å². The molecule has 1 amide bonds. The highest BCUT2D eigenvalue weighted by molar-refractivity contribution is 5.90. The first-order valence-corrected chi connectivity index (χ1v) is 7.91. The van der Waals surface area contributed by atoms with E-state index in [0.717, 1.165) is 17.5 Å². The lowest BCUT2D eigenvalue weighted by molar-refractivity contribution is -0.117. The molecule has 25 heavy (non-hydrogen) atoms. The molecule has 4 rings (SSSR count). The minimum Gasteiger partial charge on any atom is -0.461 e. The molecular weight excluding hydrogens is 327 g/mol. The molecule has 0 unspecified atom stereocenters. The van der Waals surface area contributed by atoms with Gasteiger partial charge >= 0.3 is 5.69 Å². The van der Waals surface area contributed by atoms with E-state index in [9.17, 15) is 14.0 Å². The highest BCUT2D eigenvalue weighted by Crippen LogP contribution is 2.36. The fraction of sp³-hybridized carbons (Fsp3) is 0.235. The molecule has 0 aliphatic heterocycles. The smallest absolute Gasteiger partial charge is 0.347 e. The van der Waals surface area contributed by atoms with Gasteiger partial charge in [0.1, 0.15) is 12.4 Å². The lowest BCUT2D eigenvalue weighted by atomic mass is 10.3. The summed E-state index contributed by atoms with van der Waals surface area (Å²) >= 11 is 0. The first-order valence-electron chi connectivity index (χ1n) is 7.91. The van der Waals surface area contributed by atoms with Crippen LogP contribution in [0.2, 0.25) is 0 Å². The van der Waals surface area contributed by atoms with Gasteiger partial charge in [-0.25, -0.2) is 13.9 Å². The molecule has 0 atom stereocenters. The second-order valence-corrected chi connectivity index (χ2v) is 5.87. The number of hydrogen-bond donors (Lipinski definition) is 1. The molecule has 1 N–H and O–H groups in total. The molecule has 0 bridgehead atoms. The molecule has 0 radical (unpaired) electrons. The Hall–Kier alpha value is -3.16. The minimum atomic E-state index is -0.539. The maximum atomic E-state index is 13.6. The second-order valence-electron chi connectivity index (χ2n) is 5.87. The quantitative estimate of drug-likeness (QED) is 0.772. The van der Waals surface area contributed by atoms with Crippen LogP contribution in [0.5, 0.6) is 0 Å². The van der Waals surface area contributed by atoms with Gasteiger partial charge < -0.3 is 9.73 Å². The number of amides is 1. The fourth-order valence-corrected chi connectivity index (χ4v) is 2.65. The van der Waals surface area contributed by atoms with E-state index in [4.69, 9.17) is 4.42 Å². The zero-order valence-corrected chi connectivity index (χ0v) is 13.2. The Kier molecular flexibility index (Phi) is 3.72. The molecule has 1 aromatic carbocycles. The van der Waals surface area contributed by atoms with Gasteiger partial charge in [-0.15, -0.1) is 5.10 Å². The molecule has 0 saturated heterocycles. The van der Waals surface area contributed by atoms with Gasteiger partial charge in [0.2, 0.25) is 11.7 Å². The minimum absolute atomic E-state index is 0.0634. The summed E-state index contributed by atoms with van der Waals surface area (Å²) < 4.78 is 21.6. The Morgan fingerprint density at radius 1 is 1.28 bits per heavy atom. The number of rotatable bonds is 5. The van der Waals surface area contributed by atoms with Crippen molar-refractivity contribution < 1.29 is 13.6 Å². The second kappa shape index (κ2) is 6.04. The lowest BCUT2D eigenvalue weighted by Crippen LogP contribution is -2.30. The third kappa shape index (κ3) is 2.98. The van der Waals surface area contributed by atoms with Crippen molar-refractivity contribution in [1.82, 2.24) is 14.3 Å². The van der Waals surface area contributed by atoms with Crippen molar-refractivity contribution in [2.75, 3.05) is 5.32 Å². The average molecular weight is 342 g/mol. The van der Waals surface area contributed by atoms with Crippen LogP contribution in [0.15, 0.2) is 51.9 Å². The summed E-state index contributed by atoms with van der Waals surface area (Å²) in [5.74, 6) is -0.199. The first-order chi connectivity index (χ1) is 12.1. The van der Waals surface area contributed by atoms with Crippen LogP contribution in [0.3, 0.4) is 0 Å². The molecule has 3 aromatic rings. The number of nitrogens with one attached hydrogen (secondary N) is 1. The maximum Gasteiger partial charge on any atom is 0.347 e. The number of hydrogen-bond acceptors (Lipinski definition) is 4. The number of para-hydroxylation sites is 1. The Morgan fingerprint density at radius 2 is 2.08 bits per heavy atom. The summed E-state index contributed by atoms with van der Waals surface area (Å²) in [5.41, 5.74) is -0.314. The van der Waals surface area contributed by atoms with Gasteiger partial charge in [0, 0.05) is 6.04 Å². The van der Waals surface area contributed by atoms with E-state index in [1.807, 2.05) is 0 Å². The summed E-state index contributed by atoms with van der Waals surface area (Å²) in [7, 11) is 0. The predicted octanol–water partition coefficient (Wildman–Crippen LogP) is 2.42. The molecular formula is C17H15FN4O3. The molecule has 1 aliphatic carbocycles. The number of carbonyl (C=O) groups is 1. The van der Waals surface area contributed by atoms with E-state index < -0.39 is 11.7 Å². The molecule has 1 aliphatic rings. The number of anilines is 1. The third-order valence-electron chi connectivity index (χ3n) is 3.97. The van der Waals surface area contributed by atoms with Crippen molar-refractivity contribution in [2.45, 2.75) is 25.4 Å². The van der Waals surface area contributed by atoms with Gasteiger partial charge in [0.25, 0.3) is 0 Å². The van der Waals surface area contributed by atoms with E-state index in [-0.39, 0.29) is 24.0 Å². The lowest BCUT2D eigenvalue weighted by Gasteiger charge is -2.05. The normalized spacial score (nSPS) is 13.8. The van der Waals surface area contributed by atoms with Crippen molar-refractivity contribution in [3.63, 3.8) is 0 Å². The van der Waals surface area contributed by atoms with Gasteiger partial charge in [-0.05, 0) is 37.1 Å². The fourth-order valence-electron chi connectivity index (χ4n) is 2.65. The van der Waals surface area contributed by atoms with Gasteiger partial charge in [0.15, 0.2) is 5.76 Å². The molecule has 128 valence electrons. The van der Waals surface area contributed by atoms with E-state index in [2.05, 4.69) is 10.4 Å². The monoisotopic (exact) mass is 342 g/mol. The van der Waals surface area contributed by atoms with Crippen LogP contribution in [0.1, 0.15) is 18.9 Å². The molecule has 0 spiro atoms. The van der Waals surface area contributed by atoms with Crippen molar-refractivity contribution in [2.24, 2.45) is 0 Å². The first kappa shape index (κ1) is 15.4. The zero-order valence-electron chi connectivity index (χ0n) is 13.2. The summed E-state index contributed by atoms with van der Waals surface area (Å²) in [6.45, 7) is -0.305. The van der Waals surface area contributed by atoms with Crippen LogP contribution in [0, 0.1) is 5.82 Å². The van der Waals surface area contributed by atoms with Crippen LogP contribution in [0.4, 0.5) is 10.1 Å². The molecule has 1 fully saturated rings.